The van der Waals surface area contributed by atoms with E-state index in [1.807, 2.05) is 60.7 Å². The lowest BCUT2D eigenvalue weighted by Crippen LogP contribution is -2.33. The van der Waals surface area contributed by atoms with Gasteiger partial charge in [0.25, 0.3) is 0 Å². The van der Waals surface area contributed by atoms with E-state index in [1.165, 1.54) is 18.2 Å². The lowest BCUT2D eigenvalue weighted by Gasteiger charge is -2.20. The van der Waals surface area contributed by atoms with Gasteiger partial charge in [-0.25, -0.2) is 0 Å². The quantitative estimate of drug-likeness (QED) is 0.266. The molecule has 0 atom stereocenters. The van der Waals surface area contributed by atoms with Crippen LogP contribution in [0.2, 0.25) is 0 Å². The molecule has 1 aromatic heterocycles. The lowest BCUT2D eigenvalue weighted by atomic mass is 10.1. The number of aromatic nitrogens is 2. The summed E-state index contributed by atoms with van der Waals surface area (Å²) in [6, 6.07) is 24.1. The highest BCUT2D eigenvalue weighted by Gasteiger charge is 2.30. The Morgan fingerprint density at radius 2 is 1.58 bits per heavy atom. The van der Waals surface area contributed by atoms with Gasteiger partial charge in [0.2, 0.25) is 17.6 Å². The molecule has 3 aromatic carbocycles. The van der Waals surface area contributed by atoms with Crippen LogP contribution >= 0.6 is 0 Å². The van der Waals surface area contributed by atoms with E-state index in [4.69, 9.17) is 4.52 Å². The first-order valence-electron chi connectivity index (χ1n) is 11.4. The Labute approximate surface area is 206 Å². The molecule has 0 fully saturated rings. The van der Waals surface area contributed by atoms with Gasteiger partial charge in [-0.15, -0.1) is 0 Å². The molecule has 0 saturated carbocycles. The summed E-state index contributed by atoms with van der Waals surface area (Å²) in [7, 11) is 0. The van der Waals surface area contributed by atoms with E-state index in [0.29, 0.717) is 19.5 Å². The summed E-state index contributed by atoms with van der Waals surface area (Å²) in [4.78, 5) is 18.9. The SMILES string of the molecule is O=C(/C=C/c1ccccc1)N(CCc1ccccc1)CCc1nc(-c2cccc(C(F)(F)F)c2)no1. The van der Waals surface area contributed by atoms with Crippen LogP contribution in [0.5, 0.6) is 0 Å². The van der Waals surface area contributed by atoms with Crippen molar-refractivity contribution < 1.29 is 22.5 Å². The number of halogens is 3. The minimum absolute atomic E-state index is 0.0715. The van der Waals surface area contributed by atoms with Crippen molar-refractivity contribution in [2.75, 3.05) is 13.1 Å². The second-order valence-corrected chi connectivity index (χ2v) is 8.15. The summed E-state index contributed by atoms with van der Waals surface area (Å²) in [5.41, 5.74) is 1.44. The zero-order valence-electron chi connectivity index (χ0n) is 19.4. The number of carbonyl (C=O) groups excluding carboxylic acids is 1. The minimum atomic E-state index is -4.46. The number of hydrogen-bond donors (Lipinski definition) is 0. The fraction of sp³-hybridized carbons (Fsp3) is 0.179. The van der Waals surface area contributed by atoms with E-state index in [9.17, 15) is 18.0 Å². The highest BCUT2D eigenvalue weighted by Crippen LogP contribution is 2.31. The monoisotopic (exact) mass is 491 g/mol. The maximum Gasteiger partial charge on any atom is 0.416 e. The first-order valence-corrected chi connectivity index (χ1v) is 11.4. The van der Waals surface area contributed by atoms with Crippen molar-refractivity contribution in [1.82, 2.24) is 15.0 Å². The number of amides is 1. The van der Waals surface area contributed by atoms with E-state index in [1.54, 1.807) is 11.0 Å². The van der Waals surface area contributed by atoms with E-state index >= 15 is 0 Å². The molecule has 36 heavy (non-hydrogen) atoms. The molecule has 0 spiro atoms. The topological polar surface area (TPSA) is 59.2 Å². The summed E-state index contributed by atoms with van der Waals surface area (Å²) in [5, 5.41) is 3.83. The van der Waals surface area contributed by atoms with Crippen LogP contribution in [-0.2, 0) is 23.8 Å². The van der Waals surface area contributed by atoms with E-state index < -0.39 is 11.7 Å². The van der Waals surface area contributed by atoms with Gasteiger partial charge in [-0.05, 0) is 35.8 Å². The summed E-state index contributed by atoms with van der Waals surface area (Å²) in [5.74, 6) is 0.154. The molecule has 0 saturated heterocycles. The Morgan fingerprint density at radius 1 is 0.889 bits per heavy atom. The van der Waals surface area contributed by atoms with E-state index in [-0.39, 0.29) is 29.6 Å². The van der Waals surface area contributed by atoms with E-state index in [0.717, 1.165) is 23.3 Å². The van der Waals surface area contributed by atoms with Crippen LogP contribution in [0.25, 0.3) is 17.5 Å². The second kappa shape index (κ2) is 11.5. The van der Waals surface area contributed by atoms with Crippen molar-refractivity contribution in [2.24, 2.45) is 0 Å². The van der Waals surface area contributed by atoms with Crippen LogP contribution in [0.15, 0.2) is 95.5 Å². The second-order valence-electron chi connectivity index (χ2n) is 8.15. The average molecular weight is 492 g/mol. The van der Waals surface area contributed by atoms with Crippen LogP contribution in [0.1, 0.15) is 22.6 Å². The van der Waals surface area contributed by atoms with Gasteiger partial charge < -0.3 is 9.42 Å². The number of alkyl halides is 3. The van der Waals surface area contributed by atoms with Gasteiger partial charge in [-0.2, -0.15) is 18.2 Å². The number of hydrogen-bond acceptors (Lipinski definition) is 4. The first kappa shape index (κ1) is 24.9. The molecule has 0 N–H and O–H groups in total. The summed E-state index contributed by atoms with van der Waals surface area (Å²) >= 11 is 0. The third-order valence-corrected chi connectivity index (χ3v) is 5.55. The van der Waals surface area contributed by atoms with Crippen LogP contribution in [0.3, 0.4) is 0 Å². The number of nitrogens with zero attached hydrogens (tertiary/aromatic N) is 3. The smallest absolute Gasteiger partial charge is 0.339 e. The van der Waals surface area contributed by atoms with Crippen molar-refractivity contribution in [3.05, 3.63) is 114 Å². The summed E-state index contributed by atoms with van der Waals surface area (Å²) in [6.07, 6.45) is -0.231. The Hall–Kier alpha value is -4.20. The predicted molar refractivity (Wildman–Crippen MR) is 131 cm³/mol. The van der Waals surface area contributed by atoms with Gasteiger partial charge in [0.15, 0.2) is 0 Å². The van der Waals surface area contributed by atoms with Gasteiger partial charge >= 0.3 is 6.18 Å². The number of rotatable bonds is 9. The normalized spacial score (nSPS) is 11.6. The van der Waals surface area contributed by atoms with Crippen LogP contribution in [-0.4, -0.2) is 34.0 Å². The Bertz CT molecular complexity index is 1300. The molecule has 8 heteroatoms. The molecular formula is C28H24F3N3O2. The van der Waals surface area contributed by atoms with Gasteiger partial charge in [0.05, 0.1) is 5.56 Å². The highest BCUT2D eigenvalue weighted by molar-refractivity contribution is 5.91. The Balaban J connectivity index is 1.45. The molecule has 0 aliphatic carbocycles. The van der Waals surface area contributed by atoms with E-state index in [2.05, 4.69) is 10.1 Å². The molecular weight excluding hydrogens is 467 g/mol. The highest BCUT2D eigenvalue weighted by atomic mass is 19.4. The van der Waals surface area contributed by atoms with Crippen LogP contribution < -0.4 is 0 Å². The molecule has 1 amide bonds. The number of carbonyl (C=O) groups is 1. The summed E-state index contributed by atoms with van der Waals surface area (Å²) in [6.45, 7) is 0.797. The van der Waals surface area contributed by atoms with Gasteiger partial charge in [-0.3, -0.25) is 4.79 Å². The lowest BCUT2D eigenvalue weighted by molar-refractivity contribution is -0.137. The third kappa shape index (κ3) is 6.91. The molecule has 184 valence electrons. The standard InChI is InChI=1S/C28H24F3N3O2/c29-28(30,31)24-13-7-12-23(20-24)27-32-25(36-33-27)17-19-34(18-16-22-10-5-2-6-11-22)26(35)15-14-21-8-3-1-4-9-21/h1-15,20H,16-19H2/b15-14+. The molecule has 5 nitrogen and oxygen atoms in total. The fourth-order valence-corrected chi connectivity index (χ4v) is 3.62. The zero-order chi connectivity index (χ0) is 25.4. The molecule has 4 rings (SSSR count). The molecule has 0 aliphatic heterocycles. The average Bonchev–Trinajstić information content (AvgIpc) is 3.37. The molecule has 0 unspecified atom stereocenters. The minimum Gasteiger partial charge on any atom is -0.339 e. The number of benzene rings is 3. The van der Waals surface area contributed by atoms with Crippen molar-refractivity contribution in [2.45, 2.75) is 19.0 Å². The van der Waals surface area contributed by atoms with Crippen LogP contribution in [0, 0.1) is 0 Å². The first-order chi connectivity index (χ1) is 17.4. The molecule has 4 aromatic rings. The van der Waals surface area contributed by atoms with Crippen molar-refractivity contribution in [3.63, 3.8) is 0 Å². The van der Waals surface area contributed by atoms with Gasteiger partial charge in [0.1, 0.15) is 0 Å². The predicted octanol–water partition coefficient (Wildman–Crippen LogP) is 6.08. The third-order valence-electron chi connectivity index (χ3n) is 5.55. The zero-order valence-corrected chi connectivity index (χ0v) is 19.4. The maximum atomic E-state index is 13.0. The Kier molecular flexibility index (Phi) is 7.95. The maximum absolute atomic E-state index is 13.0. The van der Waals surface area contributed by atoms with Gasteiger partial charge in [-0.1, -0.05) is 78.0 Å². The fourth-order valence-electron chi connectivity index (χ4n) is 3.62. The van der Waals surface area contributed by atoms with Crippen molar-refractivity contribution >= 4 is 12.0 Å². The van der Waals surface area contributed by atoms with Crippen molar-refractivity contribution in [1.29, 1.82) is 0 Å². The molecule has 1 heterocycles. The largest absolute Gasteiger partial charge is 0.416 e. The van der Waals surface area contributed by atoms with Gasteiger partial charge in [0, 0.05) is 31.1 Å². The van der Waals surface area contributed by atoms with Crippen LogP contribution in [0.4, 0.5) is 13.2 Å². The van der Waals surface area contributed by atoms with Crippen molar-refractivity contribution in [3.8, 4) is 11.4 Å². The Morgan fingerprint density at radius 3 is 2.31 bits per heavy atom. The molecule has 0 bridgehead atoms. The summed E-state index contributed by atoms with van der Waals surface area (Å²) < 4.78 is 44.4. The molecule has 0 aliphatic rings. The molecule has 0 radical (unpaired) electrons.